The highest BCUT2D eigenvalue weighted by Gasteiger charge is 2.18. The predicted octanol–water partition coefficient (Wildman–Crippen LogP) is 2.66. The van der Waals surface area contributed by atoms with Crippen LogP contribution < -0.4 is 5.32 Å². The van der Waals surface area contributed by atoms with Crippen LogP contribution >= 0.6 is 11.3 Å². The number of rotatable bonds is 4. The van der Waals surface area contributed by atoms with E-state index in [4.69, 9.17) is 0 Å². The van der Waals surface area contributed by atoms with Crippen LogP contribution in [0, 0.1) is 6.92 Å². The molecule has 3 nitrogen and oxygen atoms in total. The van der Waals surface area contributed by atoms with Crippen molar-refractivity contribution in [3.8, 4) is 0 Å². The topological polar surface area (TPSA) is 32.3 Å². The molecule has 1 amide bonds. The second kappa shape index (κ2) is 6.34. The third kappa shape index (κ3) is 3.33. The Hall–Kier alpha value is -0.870. The van der Waals surface area contributed by atoms with Crippen molar-refractivity contribution in [2.45, 2.75) is 39.2 Å². The third-order valence-electron chi connectivity index (χ3n) is 3.69. The smallest absolute Gasteiger partial charge is 0.261 e. The maximum absolute atomic E-state index is 11.9. The Morgan fingerprint density at radius 3 is 3.06 bits per heavy atom. The number of hydrogen-bond acceptors (Lipinski definition) is 3. The van der Waals surface area contributed by atoms with E-state index < -0.39 is 0 Å². The number of carbonyl (C=O) groups is 1. The molecule has 1 aromatic rings. The van der Waals surface area contributed by atoms with Crippen LogP contribution in [-0.4, -0.2) is 36.5 Å². The van der Waals surface area contributed by atoms with Gasteiger partial charge in [0, 0.05) is 19.1 Å². The highest BCUT2D eigenvalue weighted by Crippen LogP contribution is 2.16. The van der Waals surface area contributed by atoms with Crippen LogP contribution in [0.3, 0.4) is 0 Å². The summed E-state index contributed by atoms with van der Waals surface area (Å²) in [5, 5.41) is 4.99. The SMILES string of the molecule is Cc1ccsc1C(=O)NCCN1CCCC[C@H]1C. The van der Waals surface area contributed by atoms with Crippen LogP contribution in [-0.2, 0) is 0 Å². The summed E-state index contributed by atoms with van der Waals surface area (Å²) in [6, 6.07) is 2.66. The lowest BCUT2D eigenvalue weighted by Gasteiger charge is -2.33. The summed E-state index contributed by atoms with van der Waals surface area (Å²) in [6.45, 7) is 7.16. The number of nitrogens with zero attached hydrogens (tertiary/aromatic N) is 1. The molecule has 18 heavy (non-hydrogen) atoms. The van der Waals surface area contributed by atoms with Gasteiger partial charge in [0.15, 0.2) is 0 Å². The number of thiophene rings is 1. The first-order chi connectivity index (χ1) is 8.68. The fraction of sp³-hybridized carbons (Fsp3) is 0.643. The van der Waals surface area contributed by atoms with Gasteiger partial charge in [0.1, 0.15) is 0 Å². The molecule has 0 saturated carbocycles. The van der Waals surface area contributed by atoms with E-state index in [1.165, 1.54) is 37.1 Å². The second-order valence-electron chi connectivity index (χ2n) is 5.07. The van der Waals surface area contributed by atoms with Gasteiger partial charge in [0.2, 0.25) is 0 Å². The zero-order chi connectivity index (χ0) is 13.0. The molecule has 0 bridgehead atoms. The molecule has 0 aromatic carbocycles. The molecule has 4 heteroatoms. The molecular formula is C14H22N2OS. The fourth-order valence-corrected chi connectivity index (χ4v) is 3.33. The first kappa shape index (κ1) is 13.6. The number of likely N-dealkylation sites (tertiary alicyclic amines) is 1. The van der Waals surface area contributed by atoms with Crippen molar-refractivity contribution in [1.82, 2.24) is 10.2 Å². The summed E-state index contributed by atoms with van der Waals surface area (Å²) >= 11 is 1.52. The molecule has 0 aliphatic carbocycles. The van der Waals surface area contributed by atoms with Crippen LogP contribution in [0.1, 0.15) is 41.4 Å². The molecule has 0 unspecified atom stereocenters. The number of nitrogens with one attached hydrogen (secondary N) is 1. The van der Waals surface area contributed by atoms with Crippen molar-refractivity contribution in [2.24, 2.45) is 0 Å². The molecule has 0 spiro atoms. The summed E-state index contributed by atoms with van der Waals surface area (Å²) < 4.78 is 0. The quantitative estimate of drug-likeness (QED) is 0.908. The number of carbonyl (C=O) groups excluding carboxylic acids is 1. The van der Waals surface area contributed by atoms with Crippen LogP contribution in [0.2, 0.25) is 0 Å². The molecule has 0 radical (unpaired) electrons. The minimum Gasteiger partial charge on any atom is -0.350 e. The van der Waals surface area contributed by atoms with Crippen LogP contribution in [0.5, 0.6) is 0 Å². The lowest BCUT2D eigenvalue weighted by Crippen LogP contribution is -2.42. The van der Waals surface area contributed by atoms with Crippen molar-refractivity contribution < 1.29 is 4.79 Å². The van der Waals surface area contributed by atoms with Crippen molar-refractivity contribution >= 4 is 17.2 Å². The molecule has 1 N–H and O–H groups in total. The number of aryl methyl sites for hydroxylation is 1. The zero-order valence-corrected chi connectivity index (χ0v) is 12.1. The Kier molecular flexibility index (Phi) is 4.78. The van der Waals surface area contributed by atoms with Gasteiger partial charge in [-0.05, 0) is 50.2 Å². The highest BCUT2D eigenvalue weighted by atomic mass is 32.1. The molecule has 2 rings (SSSR count). The Morgan fingerprint density at radius 1 is 1.56 bits per heavy atom. The van der Waals surface area contributed by atoms with Gasteiger partial charge < -0.3 is 5.32 Å². The van der Waals surface area contributed by atoms with Crippen molar-refractivity contribution in [3.63, 3.8) is 0 Å². The molecule has 1 aliphatic rings. The standard InChI is InChI=1S/C14H22N2OS/c1-11-6-10-18-13(11)14(17)15-7-9-16-8-4-3-5-12(16)2/h6,10,12H,3-5,7-9H2,1-2H3,(H,15,17)/t12-/m1/s1. The number of piperidine rings is 1. The molecule has 100 valence electrons. The van der Waals surface area contributed by atoms with E-state index in [0.717, 1.165) is 23.5 Å². The van der Waals surface area contributed by atoms with E-state index in [1.807, 2.05) is 18.4 Å². The third-order valence-corrected chi connectivity index (χ3v) is 4.71. The maximum atomic E-state index is 11.9. The summed E-state index contributed by atoms with van der Waals surface area (Å²) in [4.78, 5) is 15.3. The summed E-state index contributed by atoms with van der Waals surface area (Å²) in [7, 11) is 0. The fourth-order valence-electron chi connectivity index (χ4n) is 2.49. The average molecular weight is 266 g/mol. The van der Waals surface area contributed by atoms with Crippen molar-refractivity contribution in [2.75, 3.05) is 19.6 Å². The Bertz CT molecular complexity index is 402. The minimum absolute atomic E-state index is 0.0761. The molecule has 1 aromatic heterocycles. The number of hydrogen-bond donors (Lipinski definition) is 1. The summed E-state index contributed by atoms with van der Waals surface area (Å²) in [6.07, 6.45) is 3.93. The molecule has 1 fully saturated rings. The Labute approximate surface area is 113 Å². The van der Waals surface area contributed by atoms with Crippen LogP contribution in [0.15, 0.2) is 11.4 Å². The summed E-state index contributed by atoms with van der Waals surface area (Å²) in [5.41, 5.74) is 1.07. The minimum atomic E-state index is 0.0761. The van der Waals surface area contributed by atoms with Crippen molar-refractivity contribution in [3.05, 3.63) is 21.9 Å². The van der Waals surface area contributed by atoms with Crippen LogP contribution in [0.25, 0.3) is 0 Å². The number of amides is 1. The van der Waals surface area contributed by atoms with E-state index in [9.17, 15) is 4.79 Å². The molecule has 2 heterocycles. The van der Waals surface area contributed by atoms with E-state index in [-0.39, 0.29) is 5.91 Å². The van der Waals surface area contributed by atoms with E-state index >= 15 is 0 Å². The van der Waals surface area contributed by atoms with E-state index in [0.29, 0.717) is 6.04 Å². The first-order valence-corrected chi connectivity index (χ1v) is 7.63. The van der Waals surface area contributed by atoms with E-state index in [1.54, 1.807) is 0 Å². The molecular weight excluding hydrogens is 244 g/mol. The molecule has 1 saturated heterocycles. The second-order valence-corrected chi connectivity index (χ2v) is 5.99. The van der Waals surface area contributed by atoms with Crippen molar-refractivity contribution in [1.29, 1.82) is 0 Å². The monoisotopic (exact) mass is 266 g/mol. The van der Waals surface area contributed by atoms with Gasteiger partial charge in [-0.3, -0.25) is 9.69 Å². The van der Waals surface area contributed by atoms with Gasteiger partial charge >= 0.3 is 0 Å². The Balaban J connectivity index is 1.75. The van der Waals surface area contributed by atoms with E-state index in [2.05, 4.69) is 17.1 Å². The van der Waals surface area contributed by atoms with Gasteiger partial charge in [-0.25, -0.2) is 0 Å². The normalized spacial score (nSPS) is 20.9. The van der Waals surface area contributed by atoms with Gasteiger partial charge in [-0.1, -0.05) is 6.42 Å². The zero-order valence-electron chi connectivity index (χ0n) is 11.2. The Morgan fingerprint density at radius 2 is 2.39 bits per heavy atom. The molecule has 1 atom stereocenters. The predicted molar refractivity (Wildman–Crippen MR) is 76.3 cm³/mol. The maximum Gasteiger partial charge on any atom is 0.261 e. The lowest BCUT2D eigenvalue weighted by molar-refractivity contribution is 0.0942. The lowest BCUT2D eigenvalue weighted by atomic mass is 10.0. The van der Waals surface area contributed by atoms with Gasteiger partial charge in [0.05, 0.1) is 4.88 Å². The summed E-state index contributed by atoms with van der Waals surface area (Å²) in [5.74, 6) is 0.0761. The van der Waals surface area contributed by atoms with Gasteiger partial charge in [-0.15, -0.1) is 11.3 Å². The van der Waals surface area contributed by atoms with Gasteiger partial charge in [-0.2, -0.15) is 0 Å². The molecule has 1 aliphatic heterocycles. The van der Waals surface area contributed by atoms with Crippen LogP contribution in [0.4, 0.5) is 0 Å². The first-order valence-electron chi connectivity index (χ1n) is 6.75. The van der Waals surface area contributed by atoms with Gasteiger partial charge in [0.25, 0.3) is 5.91 Å². The largest absolute Gasteiger partial charge is 0.350 e. The highest BCUT2D eigenvalue weighted by molar-refractivity contribution is 7.12. The average Bonchev–Trinajstić information content (AvgIpc) is 2.78.